The van der Waals surface area contributed by atoms with Gasteiger partial charge in [0.25, 0.3) is 0 Å². The van der Waals surface area contributed by atoms with Gasteiger partial charge in [-0.3, -0.25) is 0 Å². The summed E-state index contributed by atoms with van der Waals surface area (Å²) in [5.41, 5.74) is 2.63. The number of nitrogens with zero attached hydrogens (tertiary/aromatic N) is 1. The van der Waals surface area contributed by atoms with Gasteiger partial charge < -0.3 is 15.0 Å². The summed E-state index contributed by atoms with van der Waals surface area (Å²) in [6, 6.07) is 26.0. The zero-order chi connectivity index (χ0) is 17.8. The van der Waals surface area contributed by atoms with Crippen LogP contribution in [0.2, 0.25) is 0 Å². The fourth-order valence-electron chi connectivity index (χ4n) is 3.76. The van der Waals surface area contributed by atoms with Crippen molar-refractivity contribution in [3.05, 3.63) is 78.4 Å². The fourth-order valence-corrected chi connectivity index (χ4v) is 3.76. The molecular formula is C23H26N2O. The third-order valence-corrected chi connectivity index (χ3v) is 5.20. The van der Waals surface area contributed by atoms with Gasteiger partial charge in [0.2, 0.25) is 0 Å². The third-order valence-electron chi connectivity index (χ3n) is 5.20. The average Bonchev–Trinajstić information content (AvgIpc) is 2.72. The molecule has 2 unspecified atom stereocenters. The van der Waals surface area contributed by atoms with E-state index in [0.717, 1.165) is 26.2 Å². The van der Waals surface area contributed by atoms with Crippen LogP contribution in [-0.2, 0) is 4.74 Å². The molecule has 3 heteroatoms. The van der Waals surface area contributed by atoms with Gasteiger partial charge in [-0.2, -0.15) is 0 Å². The highest BCUT2D eigenvalue weighted by atomic mass is 16.5. The first-order chi connectivity index (χ1) is 12.8. The number of hydrogen-bond acceptors (Lipinski definition) is 3. The third kappa shape index (κ3) is 3.74. The highest BCUT2D eigenvalue weighted by molar-refractivity contribution is 5.86. The van der Waals surface area contributed by atoms with Gasteiger partial charge in [0.05, 0.1) is 12.7 Å². The van der Waals surface area contributed by atoms with Gasteiger partial charge in [-0.1, -0.05) is 60.7 Å². The lowest BCUT2D eigenvalue weighted by Crippen LogP contribution is -2.47. The molecule has 1 saturated heterocycles. The molecule has 2 atom stereocenters. The van der Waals surface area contributed by atoms with Crippen molar-refractivity contribution < 1.29 is 4.74 Å². The summed E-state index contributed by atoms with van der Waals surface area (Å²) in [5.74, 6) is 0. The Morgan fingerprint density at radius 2 is 1.77 bits per heavy atom. The number of morpholine rings is 1. The van der Waals surface area contributed by atoms with E-state index in [-0.39, 0.29) is 12.1 Å². The number of ether oxygens (including phenoxy) is 1. The second kappa shape index (κ2) is 7.90. The molecule has 1 N–H and O–H groups in total. The SMILES string of the molecule is CC(NCC1CN(c2ccccc2)CCO1)c1cccc2ccccc12. The van der Waals surface area contributed by atoms with E-state index in [4.69, 9.17) is 4.74 Å². The van der Waals surface area contributed by atoms with E-state index in [1.54, 1.807) is 0 Å². The van der Waals surface area contributed by atoms with Crippen molar-refractivity contribution in [3.8, 4) is 0 Å². The highest BCUT2D eigenvalue weighted by Gasteiger charge is 2.21. The van der Waals surface area contributed by atoms with Gasteiger partial charge in [0, 0.05) is 31.4 Å². The van der Waals surface area contributed by atoms with Crippen LogP contribution in [-0.4, -0.2) is 32.3 Å². The summed E-state index contributed by atoms with van der Waals surface area (Å²) < 4.78 is 6.00. The van der Waals surface area contributed by atoms with Crippen LogP contribution in [0.15, 0.2) is 72.8 Å². The quantitative estimate of drug-likeness (QED) is 0.741. The van der Waals surface area contributed by atoms with Crippen molar-refractivity contribution in [1.82, 2.24) is 5.32 Å². The Bertz CT molecular complexity index is 844. The summed E-state index contributed by atoms with van der Waals surface area (Å²) >= 11 is 0. The summed E-state index contributed by atoms with van der Waals surface area (Å²) in [6.07, 6.45) is 0.210. The summed E-state index contributed by atoms with van der Waals surface area (Å²) in [5, 5.41) is 6.30. The molecule has 0 amide bonds. The predicted molar refractivity (Wildman–Crippen MR) is 109 cm³/mol. The average molecular weight is 346 g/mol. The van der Waals surface area contributed by atoms with E-state index in [1.807, 2.05) is 0 Å². The number of fused-ring (bicyclic) bond motifs is 1. The summed E-state index contributed by atoms with van der Waals surface area (Å²) in [4.78, 5) is 2.42. The van der Waals surface area contributed by atoms with Crippen LogP contribution < -0.4 is 10.2 Å². The molecule has 134 valence electrons. The first-order valence-corrected chi connectivity index (χ1v) is 9.44. The first-order valence-electron chi connectivity index (χ1n) is 9.44. The minimum Gasteiger partial charge on any atom is -0.373 e. The molecule has 0 saturated carbocycles. The molecule has 26 heavy (non-hydrogen) atoms. The van der Waals surface area contributed by atoms with E-state index in [9.17, 15) is 0 Å². The zero-order valence-corrected chi connectivity index (χ0v) is 15.3. The molecule has 3 aromatic rings. The van der Waals surface area contributed by atoms with Gasteiger partial charge in [0.1, 0.15) is 0 Å². The maximum absolute atomic E-state index is 6.00. The lowest BCUT2D eigenvalue weighted by Gasteiger charge is -2.35. The number of hydrogen-bond donors (Lipinski definition) is 1. The van der Waals surface area contributed by atoms with Crippen molar-refractivity contribution >= 4 is 16.5 Å². The van der Waals surface area contributed by atoms with Crippen LogP contribution in [0.25, 0.3) is 10.8 Å². The molecular weight excluding hydrogens is 320 g/mol. The van der Waals surface area contributed by atoms with Crippen molar-refractivity contribution in [2.24, 2.45) is 0 Å². The predicted octanol–water partition coefficient (Wildman–Crippen LogP) is 4.40. The van der Waals surface area contributed by atoms with Crippen LogP contribution >= 0.6 is 0 Å². The molecule has 3 nitrogen and oxygen atoms in total. The molecule has 1 heterocycles. The standard InChI is InChI=1S/C23H26N2O/c1-18(22-13-7-9-19-8-5-6-12-23(19)22)24-16-21-17-25(14-15-26-21)20-10-3-2-4-11-20/h2-13,18,21,24H,14-17H2,1H3. The lowest BCUT2D eigenvalue weighted by molar-refractivity contribution is 0.0395. The molecule has 0 aliphatic carbocycles. The van der Waals surface area contributed by atoms with Crippen LogP contribution in [0.1, 0.15) is 18.5 Å². The lowest BCUT2D eigenvalue weighted by atomic mass is 9.99. The second-order valence-electron chi connectivity index (χ2n) is 6.97. The fraction of sp³-hybridized carbons (Fsp3) is 0.304. The minimum absolute atomic E-state index is 0.210. The van der Waals surface area contributed by atoms with Gasteiger partial charge in [0.15, 0.2) is 0 Å². The monoisotopic (exact) mass is 346 g/mol. The van der Waals surface area contributed by atoms with Crippen LogP contribution in [0, 0.1) is 0 Å². The number of nitrogens with one attached hydrogen (secondary N) is 1. The number of anilines is 1. The molecule has 0 aromatic heterocycles. The molecule has 3 aromatic carbocycles. The minimum atomic E-state index is 0.210. The number of benzene rings is 3. The van der Waals surface area contributed by atoms with Crippen molar-refractivity contribution in [3.63, 3.8) is 0 Å². The Balaban J connectivity index is 1.40. The number of rotatable bonds is 5. The molecule has 1 fully saturated rings. The molecule has 1 aliphatic rings. The van der Waals surface area contributed by atoms with E-state index in [2.05, 4.69) is 89.9 Å². The Morgan fingerprint density at radius 3 is 2.65 bits per heavy atom. The maximum Gasteiger partial charge on any atom is 0.0875 e. The number of para-hydroxylation sites is 1. The van der Waals surface area contributed by atoms with E-state index in [0.29, 0.717) is 0 Å². The van der Waals surface area contributed by atoms with Gasteiger partial charge in [-0.15, -0.1) is 0 Å². The normalized spacial score (nSPS) is 18.8. The smallest absolute Gasteiger partial charge is 0.0875 e. The topological polar surface area (TPSA) is 24.5 Å². The highest BCUT2D eigenvalue weighted by Crippen LogP contribution is 2.24. The largest absolute Gasteiger partial charge is 0.373 e. The summed E-state index contributed by atoms with van der Waals surface area (Å²) in [7, 11) is 0. The second-order valence-corrected chi connectivity index (χ2v) is 6.97. The van der Waals surface area contributed by atoms with Crippen LogP contribution in [0.4, 0.5) is 5.69 Å². The van der Waals surface area contributed by atoms with E-state index in [1.165, 1.54) is 22.0 Å². The Morgan fingerprint density at radius 1 is 1.00 bits per heavy atom. The van der Waals surface area contributed by atoms with E-state index >= 15 is 0 Å². The van der Waals surface area contributed by atoms with Crippen LogP contribution in [0.3, 0.4) is 0 Å². The molecule has 0 bridgehead atoms. The summed E-state index contributed by atoms with van der Waals surface area (Å²) in [6.45, 7) is 5.76. The molecule has 0 radical (unpaired) electrons. The molecule has 1 aliphatic heterocycles. The maximum atomic E-state index is 6.00. The Hall–Kier alpha value is -2.36. The van der Waals surface area contributed by atoms with E-state index < -0.39 is 0 Å². The molecule has 4 rings (SSSR count). The van der Waals surface area contributed by atoms with Crippen molar-refractivity contribution in [1.29, 1.82) is 0 Å². The molecule has 0 spiro atoms. The van der Waals surface area contributed by atoms with Crippen molar-refractivity contribution in [2.45, 2.75) is 19.1 Å². The van der Waals surface area contributed by atoms with Gasteiger partial charge >= 0.3 is 0 Å². The Kier molecular flexibility index (Phi) is 5.19. The Labute approximate surface area is 155 Å². The van der Waals surface area contributed by atoms with Crippen LogP contribution in [0.5, 0.6) is 0 Å². The van der Waals surface area contributed by atoms with Crippen molar-refractivity contribution in [2.75, 3.05) is 31.1 Å². The zero-order valence-electron chi connectivity index (χ0n) is 15.3. The first kappa shape index (κ1) is 17.1. The van der Waals surface area contributed by atoms with Gasteiger partial charge in [-0.05, 0) is 35.4 Å². The van der Waals surface area contributed by atoms with Gasteiger partial charge in [-0.25, -0.2) is 0 Å².